The molecule has 8 nitrogen and oxygen atoms in total. The molecule has 30 heavy (non-hydrogen) atoms. The van der Waals surface area contributed by atoms with Crippen LogP contribution in [0.5, 0.6) is 5.75 Å². The third kappa shape index (κ3) is 2.88. The lowest BCUT2D eigenvalue weighted by Crippen LogP contribution is -2.25. The quantitative estimate of drug-likeness (QED) is 0.541. The summed E-state index contributed by atoms with van der Waals surface area (Å²) in [5.41, 5.74) is 4.81. The molecule has 1 amide bonds. The van der Waals surface area contributed by atoms with Crippen LogP contribution in [0, 0.1) is 13.8 Å². The van der Waals surface area contributed by atoms with Gasteiger partial charge in [0.15, 0.2) is 0 Å². The van der Waals surface area contributed by atoms with Crippen molar-refractivity contribution in [2.24, 2.45) is 0 Å². The topological polar surface area (TPSA) is 86.9 Å². The first-order chi connectivity index (χ1) is 14.5. The van der Waals surface area contributed by atoms with Gasteiger partial charge < -0.3 is 10.1 Å². The first-order valence-corrected chi connectivity index (χ1v) is 10.7. The molecule has 0 saturated heterocycles. The number of aryl methyl sites for hydroxylation is 3. The maximum Gasteiger partial charge on any atom is 0.226 e. The van der Waals surface area contributed by atoms with Gasteiger partial charge in [0.2, 0.25) is 11.0 Å². The van der Waals surface area contributed by atoms with Crippen LogP contribution >= 0.6 is 11.3 Å². The summed E-state index contributed by atoms with van der Waals surface area (Å²) < 4.78 is 10.00. The molecule has 4 heterocycles. The molecule has 1 aliphatic rings. The fourth-order valence-corrected chi connectivity index (χ4v) is 5.05. The first-order valence-electron chi connectivity index (χ1n) is 9.86. The van der Waals surface area contributed by atoms with E-state index in [0.29, 0.717) is 17.4 Å². The van der Waals surface area contributed by atoms with Crippen molar-refractivity contribution >= 4 is 33.3 Å². The zero-order valence-corrected chi connectivity index (χ0v) is 18.1. The van der Waals surface area contributed by atoms with Crippen molar-refractivity contribution in [3.05, 3.63) is 46.9 Å². The summed E-state index contributed by atoms with van der Waals surface area (Å²) in [5.74, 6) is 1.38. The van der Waals surface area contributed by atoms with Crippen LogP contribution in [0.2, 0.25) is 0 Å². The fraction of sp³-hybridized carbons (Fsp3) is 0.333. The molecular formula is C21H22N6O2S. The molecule has 1 aromatic carbocycles. The van der Waals surface area contributed by atoms with Crippen LogP contribution in [0.3, 0.4) is 0 Å². The van der Waals surface area contributed by atoms with Crippen LogP contribution in [0.25, 0.3) is 15.3 Å². The van der Waals surface area contributed by atoms with Gasteiger partial charge in [-0.3, -0.25) is 9.48 Å². The molecule has 1 aliphatic heterocycles. The standard InChI is InChI=1S/C21H22N6O2S/c1-5-26-10-15(11(2)24-26)14-9-18(28)23-20-19(14)12(3)25-27(20)21-22-16-7-6-13(29-4)8-17(16)30-21/h6-8,10,14H,5,9H2,1-4H3,(H,23,28)/t14-/m0/s1. The van der Waals surface area contributed by atoms with Gasteiger partial charge in [0.25, 0.3) is 0 Å². The van der Waals surface area contributed by atoms with Crippen LogP contribution < -0.4 is 10.1 Å². The van der Waals surface area contributed by atoms with E-state index >= 15 is 0 Å². The lowest BCUT2D eigenvalue weighted by molar-refractivity contribution is -0.116. The molecule has 0 fully saturated rings. The second kappa shape index (κ2) is 6.94. The predicted molar refractivity (Wildman–Crippen MR) is 116 cm³/mol. The van der Waals surface area contributed by atoms with Gasteiger partial charge in [-0.1, -0.05) is 11.3 Å². The minimum absolute atomic E-state index is 0.0277. The zero-order valence-electron chi connectivity index (χ0n) is 17.3. The van der Waals surface area contributed by atoms with Crippen molar-refractivity contribution in [2.45, 2.75) is 39.7 Å². The van der Waals surface area contributed by atoms with E-state index < -0.39 is 0 Å². The highest BCUT2D eigenvalue weighted by Crippen LogP contribution is 2.42. The Morgan fingerprint density at radius 1 is 1.27 bits per heavy atom. The summed E-state index contributed by atoms with van der Waals surface area (Å²) >= 11 is 1.52. The number of hydrogen-bond acceptors (Lipinski definition) is 6. The number of carbonyl (C=O) groups is 1. The summed E-state index contributed by atoms with van der Waals surface area (Å²) in [6.07, 6.45) is 2.43. The van der Waals surface area contributed by atoms with Gasteiger partial charge in [-0.25, -0.2) is 4.98 Å². The van der Waals surface area contributed by atoms with E-state index in [4.69, 9.17) is 14.8 Å². The van der Waals surface area contributed by atoms with Crippen LogP contribution in [0.1, 0.15) is 41.8 Å². The highest BCUT2D eigenvalue weighted by Gasteiger charge is 2.34. The third-order valence-electron chi connectivity index (χ3n) is 5.55. The maximum atomic E-state index is 12.6. The molecule has 0 radical (unpaired) electrons. The fourth-order valence-electron chi connectivity index (χ4n) is 4.10. The van der Waals surface area contributed by atoms with Crippen molar-refractivity contribution < 1.29 is 9.53 Å². The van der Waals surface area contributed by atoms with E-state index in [1.54, 1.807) is 11.8 Å². The van der Waals surface area contributed by atoms with Gasteiger partial charge in [-0.2, -0.15) is 14.9 Å². The zero-order chi connectivity index (χ0) is 21.0. The van der Waals surface area contributed by atoms with Crippen molar-refractivity contribution in [3.63, 3.8) is 0 Å². The highest BCUT2D eigenvalue weighted by molar-refractivity contribution is 7.20. The number of carbonyl (C=O) groups excluding carboxylic acids is 1. The largest absolute Gasteiger partial charge is 0.497 e. The molecule has 4 aromatic rings. The van der Waals surface area contributed by atoms with Crippen LogP contribution in [-0.2, 0) is 11.3 Å². The Morgan fingerprint density at radius 3 is 2.83 bits per heavy atom. The van der Waals surface area contributed by atoms with Gasteiger partial charge in [-0.15, -0.1) is 0 Å². The van der Waals surface area contributed by atoms with Gasteiger partial charge >= 0.3 is 0 Å². The summed E-state index contributed by atoms with van der Waals surface area (Å²) in [4.78, 5) is 17.4. The molecule has 5 rings (SSSR count). The minimum Gasteiger partial charge on any atom is -0.497 e. The lowest BCUT2D eigenvalue weighted by atomic mass is 9.86. The maximum absolute atomic E-state index is 12.6. The number of fused-ring (bicyclic) bond motifs is 2. The number of ether oxygens (including phenoxy) is 1. The average Bonchev–Trinajstić information content (AvgIpc) is 3.41. The summed E-state index contributed by atoms with van der Waals surface area (Å²) in [6, 6.07) is 5.78. The number of amides is 1. The molecule has 0 bridgehead atoms. The number of benzene rings is 1. The second-order valence-corrected chi connectivity index (χ2v) is 8.43. The van der Waals surface area contributed by atoms with Crippen molar-refractivity contribution in [1.29, 1.82) is 0 Å². The lowest BCUT2D eigenvalue weighted by Gasteiger charge is -2.23. The number of nitrogens with one attached hydrogen (secondary N) is 1. The molecule has 1 N–H and O–H groups in total. The normalized spacial score (nSPS) is 16.0. The number of methoxy groups -OCH3 is 1. The molecule has 0 aliphatic carbocycles. The highest BCUT2D eigenvalue weighted by atomic mass is 32.1. The Kier molecular flexibility index (Phi) is 4.35. The molecule has 154 valence electrons. The van der Waals surface area contributed by atoms with Gasteiger partial charge in [0.1, 0.15) is 11.6 Å². The minimum atomic E-state index is -0.0720. The van der Waals surface area contributed by atoms with Crippen LogP contribution in [-0.4, -0.2) is 37.6 Å². The predicted octanol–water partition coefficient (Wildman–Crippen LogP) is 3.80. The second-order valence-electron chi connectivity index (χ2n) is 7.42. The van der Waals surface area contributed by atoms with Crippen molar-refractivity contribution in [1.82, 2.24) is 24.5 Å². The monoisotopic (exact) mass is 422 g/mol. The van der Waals surface area contributed by atoms with Crippen molar-refractivity contribution in [2.75, 3.05) is 12.4 Å². The number of nitrogens with zero attached hydrogens (tertiary/aromatic N) is 5. The van der Waals surface area contributed by atoms with E-state index in [2.05, 4.69) is 17.3 Å². The molecule has 0 unspecified atom stereocenters. The van der Waals surface area contributed by atoms with Crippen LogP contribution in [0.4, 0.5) is 5.82 Å². The molecule has 9 heteroatoms. The molecular weight excluding hydrogens is 400 g/mol. The Bertz CT molecular complexity index is 1280. The smallest absolute Gasteiger partial charge is 0.226 e. The van der Waals surface area contributed by atoms with E-state index in [1.807, 2.05) is 42.9 Å². The van der Waals surface area contributed by atoms with Gasteiger partial charge in [-0.05, 0) is 39.0 Å². The van der Waals surface area contributed by atoms with Gasteiger partial charge in [0.05, 0.1) is 28.7 Å². The summed E-state index contributed by atoms with van der Waals surface area (Å²) in [5, 5.41) is 13.1. The van der Waals surface area contributed by atoms with E-state index in [-0.39, 0.29) is 11.8 Å². The number of anilines is 1. The molecule has 1 atom stereocenters. The molecule has 0 spiro atoms. The Labute approximate surface area is 177 Å². The third-order valence-corrected chi connectivity index (χ3v) is 6.55. The average molecular weight is 423 g/mol. The van der Waals surface area contributed by atoms with Crippen LogP contribution in [0.15, 0.2) is 24.4 Å². The number of rotatable bonds is 4. The van der Waals surface area contributed by atoms with Gasteiger partial charge in [0, 0.05) is 36.2 Å². The Morgan fingerprint density at radius 2 is 2.10 bits per heavy atom. The number of thiazole rings is 1. The van der Waals surface area contributed by atoms with E-state index in [0.717, 1.165) is 45.0 Å². The summed E-state index contributed by atoms with van der Waals surface area (Å²) in [7, 11) is 1.65. The molecule has 3 aromatic heterocycles. The van der Waals surface area contributed by atoms with E-state index in [9.17, 15) is 4.79 Å². The van der Waals surface area contributed by atoms with Crippen molar-refractivity contribution in [3.8, 4) is 10.9 Å². The van der Waals surface area contributed by atoms with E-state index in [1.165, 1.54) is 11.3 Å². The number of hydrogen-bond donors (Lipinski definition) is 1. The first kappa shape index (κ1) is 18.8. The number of aromatic nitrogens is 5. The Balaban J connectivity index is 1.65. The summed E-state index contributed by atoms with van der Waals surface area (Å²) in [6.45, 7) is 6.82. The Hall–Kier alpha value is -3.20. The molecule has 0 saturated carbocycles. The SMILES string of the molecule is CCn1cc([C@@H]2CC(=O)Nc3c2c(C)nn3-c2nc3ccc(OC)cc3s2)c(C)n1.